The smallest absolute Gasteiger partial charge is 0.261 e. The molecular formula is C18H16N4O. The summed E-state index contributed by atoms with van der Waals surface area (Å²) in [7, 11) is 0. The normalized spacial score (nSPS) is 16.0. The van der Waals surface area contributed by atoms with E-state index in [0.717, 1.165) is 28.8 Å². The molecule has 2 heterocycles. The Hall–Kier alpha value is -2.95. The molecule has 0 bridgehead atoms. The van der Waals surface area contributed by atoms with Gasteiger partial charge in [0, 0.05) is 16.7 Å². The largest absolute Gasteiger partial charge is 0.271 e. The second-order valence-corrected chi connectivity index (χ2v) is 5.57. The second-order valence-electron chi connectivity index (χ2n) is 5.57. The Morgan fingerprint density at radius 1 is 1.09 bits per heavy atom. The average Bonchev–Trinajstić information content (AvgIpc) is 2.61. The molecule has 0 aromatic heterocycles. The minimum absolute atomic E-state index is 0.155. The summed E-state index contributed by atoms with van der Waals surface area (Å²) in [5.41, 5.74) is 7.75. The third-order valence-electron chi connectivity index (χ3n) is 4.10. The Kier molecular flexibility index (Phi) is 3.19. The number of hydrogen-bond acceptors (Lipinski definition) is 4. The summed E-state index contributed by atoms with van der Waals surface area (Å²) in [5, 5.41) is 10.5. The maximum absolute atomic E-state index is 11.6. The molecule has 0 saturated carbocycles. The topological polar surface area (TPSA) is 57.1 Å². The van der Waals surface area contributed by atoms with Crippen LogP contribution in [0.2, 0.25) is 0 Å². The number of nitrogens with one attached hydrogen (secondary N) is 1. The van der Waals surface area contributed by atoms with Crippen LogP contribution in [0.3, 0.4) is 0 Å². The van der Waals surface area contributed by atoms with Gasteiger partial charge in [-0.2, -0.15) is 10.2 Å². The first kappa shape index (κ1) is 13.7. The van der Waals surface area contributed by atoms with Gasteiger partial charge in [-0.1, -0.05) is 55.5 Å². The fourth-order valence-electron chi connectivity index (χ4n) is 2.87. The van der Waals surface area contributed by atoms with Gasteiger partial charge in [-0.05, 0) is 12.0 Å². The molecule has 2 aliphatic heterocycles. The van der Waals surface area contributed by atoms with E-state index in [1.165, 1.54) is 5.56 Å². The first-order valence-corrected chi connectivity index (χ1v) is 7.68. The van der Waals surface area contributed by atoms with Crippen molar-refractivity contribution in [2.24, 2.45) is 10.2 Å². The van der Waals surface area contributed by atoms with E-state index in [4.69, 9.17) is 0 Å². The molecule has 4 rings (SSSR count). The second kappa shape index (κ2) is 5.35. The van der Waals surface area contributed by atoms with E-state index in [1.54, 1.807) is 5.01 Å². The van der Waals surface area contributed by atoms with Gasteiger partial charge in [-0.25, -0.2) is 10.4 Å². The van der Waals surface area contributed by atoms with Crippen molar-refractivity contribution in [1.29, 1.82) is 0 Å². The summed E-state index contributed by atoms with van der Waals surface area (Å²) < 4.78 is 0. The van der Waals surface area contributed by atoms with Crippen molar-refractivity contribution >= 4 is 17.5 Å². The molecule has 1 N–H and O–H groups in total. The lowest BCUT2D eigenvalue weighted by Gasteiger charge is -2.30. The Balaban J connectivity index is 1.86. The lowest BCUT2D eigenvalue weighted by Crippen LogP contribution is -2.45. The van der Waals surface area contributed by atoms with Gasteiger partial charge < -0.3 is 0 Å². The molecule has 2 aromatic rings. The quantitative estimate of drug-likeness (QED) is 0.924. The maximum Gasteiger partial charge on any atom is 0.261 e. The SMILES string of the molecule is CCc1ccc(C2=NN3CC(=O)NN=C3c3ccccc32)cc1. The summed E-state index contributed by atoms with van der Waals surface area (Å²) in [6.45, 7) is 2.32. The Labute approximate surface area is 134 Å². The zero-order chi connectivity index (χ0) is 15.8. The van der Waals surface area contributed by atoms with Gasteiger partial charge in [-0.15, -0.1) is 0 Å². The predicted octanol–water partition coefficient (Wildman–Crippen LogP) is 2.11. The van der Waals surface area contributed by atoms with Gasteiger partial charge in [0.2, 0.25) is 0 Å². The van der Waals surface area contributed by atoms with Crippen LogP contribution in [0.25, 0.3) is 0 Å². The van der Waals surface area contributed by atoms with Crippen molar-refractivity contribution in [3.05, 3.63) is 70.8 Å². The third kappa shape index (κ3) is 2.30. The molecule has 2 aromatic carbocycles. The van der Waals surface area contributed by atoms with Crippen LogP contribution in [0, 0.1) is 0 Å². The molecule has 0 unspecified atom stereocenters. The molecule has 0 atom stereocenters. The molecule has 2 aliphatic rings. The number of hydrazone groups is 2. The molecule has 0 saturated heterocycles. The van der Waals surface area contributed by atoms with Crippen molar-refractivity contribution < 1.29 is 4.79 Å². The van der Waals surface area contributed by atoms with Crippen LogP contribution in [0.5, 0.6) is 0 Å². The highest BCUT2D eigenvalue weighted by atomic mass is 16.2. The van der Waals surface area contributed by atoms with Crippen LogP contribution in [0.15, 0.2) is 58.7 Å². The van der Waals surface area contributed by atoms with Crippen molar-refractivity contribution in [1.82, 2.24) is 10.4 Å². The molecule has 0 radical (unpaired) electrons. The lowest BCUT2D eigenvalue weighted by molar-refractivity contribution is -0.122. The fourth-order valence-corrected chi connectivity index (χ4v) is 2.87. The average molecular weight is 304 g/mol. The van der Waals surface area contributed by atoms with E-state index < -0.39 is 0 Å². The number of hydrogen-bond donors (Lipinski definition) is 1. The van der Waals surface area contributed by atoms with E-state index in [1.807, 2.05) is 24.3 Å². The highest BCUT2D eigenvalue weighted by molar-refractivity contribution is 6.22. The fraction of sp³-hybridized carbons (Fsp3) is 0.167. The van der Waals surface area contributed by atoms with Crippen LogP contribution < -0.4 is 5.43 Å². The number of carbonyl (C=O) groups is 1. The van der Waals surface area contributed by atoms with Crippen LogP contribution in [-0.4, -0.2) is 29.0 Å². The zero-order valence-electron chi connectivity index (χ0n) is 12.8. The van der Waals surface area contributed by atoms with Crippen LogP contribution in [0.1, 0.15) is 29.2 Å². The summed E-state index contributed by atoms with van der Waals surface area (Å²) >= 11 is 0. The van der Waals surface area contributed by atoms with Gasteiger partial charge in [0.15, 0.2) is 5.84 Å². The van der Waals surface area contributed by atoms with Crippen molar-refractivity contribution in [2.45, 2.75) is 13.3 Å². The molecule has 23 heavy (non-hydrogen) atoms. The van der Waals surface area contributed by atoms with Gasteiger partial charge >= 0.3 is 0 Å². The van der Waals surface area contributed by atoms with E-state index in [-0.39, 0.29) is 12.5 Å². The monoisotopic (exact) mass is 304 g/mol. The van der Waals surface area contributed by atoms with Crippen LogP contribution >= 0.6 is 0 Å². The zero-order valence-corrected chi connectivity index (χ0v) is 12.8. The van der Waals surface area contributed by atoms with Crippen molar-refractivity contribution in [3.63, 3.8) is 0 Å². The standard InChI is InChI=1S/C18H16N4O/c1-2-12-7-9-13(10-8-12)17-14-5-3-4-6-15(14)18-20-19-16(23)11-22(18)21-17/h3-10H,2,11H2,1H3,(H,19,23). The number of amides is 1. The van der Waals surface area contributed by atoms with Crippen molar-refractivity contribution in [2.75, 3.05) is 6.54 Å². The van der Waals surface area contributed by atoms with E-state index in [0.29, 0.717) is 5.84 Å². The number of nitrogens with zero attached hydrogens (tertiary/aromatic N) is 3. The third-order valence-corrected chi connectivity index (χ3v) is 4.10. The Bertz CT molecular complexity index is 836. The molecule has 0 aliphatic carbocycles. The number of benzene rings is 2. The Morgan fingerprint density at radius 3 is 2.57 bits per heavy atom. The molecular weight excluding hydrogens is 288 g/mol. The molecule has 5 nitrogen and oxygen atoms in total. The first-order chi connectivity index (χ1) is 11.3. The lowest BCUT2D eigenvalue weighted by atomic mass is 9.94. The number of aryl methyl sites for hydroxylation is 1. The van der Waals surface area contributed by atoms with Gasteiger partial charge in [0.25, 0.3) is 5.91 Å². The predicted molar refractivity (Wildman–Crippen MR) is 89.3 cm³/mol. The van der Waals surface area contributed by atoms with E-state index in [9.17, 15) is 4.79 Å². The molecule has 0 fully saturated rings. The van der Waals surface area contributed by atoms with Crippen LogP contribution in [0.4, 0.5) is 0 Å². The summed E-state index contributed by atoms with van der Waals surface area (Å²) in [6.07, 6.45) is 1.01. The molecule has 114 valence electrons. The number of rotatable bonds is 2. The Morgan fingerprint density at radius 2 is 1.83 bits per heavy atom. The molecule has 1 amide bonds. The number of amidine groups is 1. The summed E-state index contributed by atoms with van der Waals surface area (Å²) in [4.78, 5) is 11.6. The van der Waals surface area contributed by atoms with Gasteiger partial charge in [0.05, 0.1) is 5.71 Å². The van der Waals surface area contributed by atoms with E-state index in [2.05, 4.69) is 46.8 Å². The maximum atomic E-state index is 11.6. The number of fused-ring (bicyclic) bond motifs is 3. The van der Waals surface area contributed by atoms with Gasteiger partial charge in [0.1, 0.15) is 6.54 Å². The summed E-state index contributed by atoms with van der Waals surface area (Å²) in [6, 6.07) is 16.4. The van der Waals surface area contributed by atoms with E-state index >= 15 is 0 Å². The molecule has 0 spiro atoms. The highest BCUT2D eigenvalue weighted by Gasteiger charge is 2.29. The minimum atomic E-state index is -0.155. The molecule has 5 heteroatoms. The highest BCUT2D eigenvalue weighted by Crippen LogP contribution is 2.24. The summed E-state index contributed by atoms with van der Waals surface area (Å²) in [5.74, 6) is 0.534. The number of carbonyl (C=O) groups excluding carboxylic acids is 1. The minimum Gasteiger partial charge on any atom is -0.271 e. The van der Waals surface area contributed by atoms with Gasteiger partial charge in [-0.3, -0.25) is 4.79 Å². The first-order valence-electron chi connectivity index (χ1n) is 7.68. The van der Waals surface area contributed by atoms with Crippen LogP contribution in [-0.2, 0) is 11.2 Å². The van der Waals surface area contributed by atoms with Crippen molar-refractivity contribution in [3.8, 4) is 0 Å².